The van der Waals surface area contributed by atoms with Crippen LogP contribution in [0.3, 0.4) is 0 Å². The van der Waals surface area contributed by atoms with Gasteiger partial charge in [-0.15, -0.1) is 0 Å². The largest absolute Gasteiger partial charge is 1.00 e. The van der Waals surface area contributed by atoms with Gasteiger partial charge >= 0.3 is 0 Å². The zero-order valence-corrected chi connectivity index (χ0v) is 19.9. The van der Waals surface area contributed by atoms with Crippen LogP contribution < -0.4 is 17.0 Å². The van der Waals surface area contributed by atoms with Gasteiger partial charge in [-0.25, -0.2) is 0 Å². The van der Waals surface area contributed by atoms with E-state index in [0.29, 0.717) is 0 Å². The average Bonchev–Trinajstić information content (AvgIpc) is 2.52. The zero-order valence-electron chi connectivity index (χ0n) is 18.3. The molecule has 0 aromatic heterocycles. The first-order chi connectivity index (χ1) is 11.5. The summed E-state index contributed by atoms with van der Waals surface area (Å²) in [4.78, 5) is 2.53. The van der Waals surface area contributed by atoms with Gasteiger partial charge in [-0.1, -0.05) is 77.6 Å². The highest BCUT2D eigenvalue weighted by atomic mass is 79.9. The zero-order chi connectivity index (χ0) is 18.1. The van der Waals surface area contributed by atoms with Crippen LogP contribution in [0.5, 0.6) is 0 Å². The maximum Gasteiger partial charge on any atom is 0.0780 e. The van der Waals surface area contributed by atoms with E-state index in [4.69, 9.17) is 0 Å². The SMILES string of the molecule is CCCCCCCCCCCCCCN(C)CCCC[N+](C)(C)C.[Br-]. The number of halogens is 1. The van der Waals surface area contributed by atoms with E-state index >= 15 is 0 Å². The van der Waals surface area contributed by atoms with Crippen LogP contribution in [0.4, 0.5) is 0 Å². The second-order valence-electron chi connectivity index (χ2n) is 8.91. The molecule has 3 heteroatoms. The van der Waals surface area contributed by atoms with Gasteiger partial charge in [-0.3, -0.25) is 0 Å². The molecule has 0 aromatic rings. The van der Waals surface area contributed by atoms with E-state index in [1.807, 2.05) is 0 Å². The number of nitrogens with zero attached hydrogens (tertiary/aromatic N) is 2. The van der Waals surface area contributed by atoms with Crippen molar-refractivity contribution in [3.63, 3.8) is 0 Å². The molecule has 0 rings (SSSR count). The molecule has 25 heavy (non-hydrogen) atoms. The van der Waals surface area contributed by atoms with Crippen LogP contribution in [0.2, 0.25) is 0 Å². The summed E-state index contributed by atoms with van der Waals surface area (Å²) in [7, 11) is 9.16. The summed E-state index contributed by atoms with van der Waals surface area (Å²) in [6.45, 7) is 6.16. The van der Waals surface area contributed by atoms with Crippen molar-refractivity contribution in [2.24, 2.45) is 0 Å². The summed E-state index contributed by atoms with van der Waals surface area (Å²) in [5.74, 6) is 0. The van der Waals surface area contributed by atoms with Gasteiger partial charge in [0.2, 0.25) is 0 Å². The molecule has 0 N–H and O–H groups in total. The summed E-state index contributed by atoms with van der Waals surface area (Å²) >= 11 is 0. The lowest BCUT2D eigenvalue weighted by Crippen LogP contribution is -3.00. The summed E-state index contributed by atoms with van der Waals surface area (Å²) in [6.07, 6.45) is 20.0. The Morgan fingerprint density at radius 2 is 0.920 bits per heavy atom. The molecule has 0 aliphatic rings. The molecule has 0 saturated heterocycles. The standard InChI is InChI=1S/C22H49N2.BrH/c1-6-7-8-9-10-11-12-13-14-15-16-17-20-23(2)21-18-19-22-24(3,4)5;/h6-22H2,1-5H3;1H/q+1;/p-1. The van der Waals surface area contributed by atoms with E-state index in [9.17, 15) is 0 Å². The Kier molecular flexibility index (Phi) is 21.2. The molecule has 0 aliphatic carbocycles. The van der Waals surface area contributed by atoms with Gasteiger partial charge in [0.25, 0.3) is 0 Å². The topological polar surface area (TPSA) is 3.24 Å². The van der Waals surface area contributed by atoms with Gasteiger partial charge in [0.1, 0.15) is 0 Å². The minimum atomic E-state index is 0. The molecule has 154 valence electrons. The average molecular weight is 422 g/mol. The summed E-state index contributed by atoms with van der Waals surface area (Å²) in [5.41, 5.74) is 0. The van der Waals surface area contributed by atoms with Crippen molar-refractivity contribution >= 4 is 0 Å². The van der Waals surface area contributed by atoms with Crippen molar-refractivity contribution in [3.05, 3.63) is 0 Å². The van der Waals surface area contributed by atoms with E-state index in [1.165, 1.54) is 110 Å². The fourth-order valence-electron chi connectivity index (χ4n) is 3.30. The van der Waals surface area contributed by atoms with Gasteiger partial charge in [-0.2, -0.15) is 0 Å². The number of hydrogen-bond acceptors (Lipinski definition) is 1. The molecule has 0 amide bonds. The molecule has 0 unspecified atom stereocenters. The van der Waals surface area contributed by atoms with Crippen LogP contribution >= 0.6 is 0 Å². The highest BCUT2D eigenvalue weighted by molar-refractivity contribution is 4.54. The monoisotopic (exact) mass is 420 g/mol. The first kappa shape index (κ1) is 27.6. The van der Waals surface area contributed by atoms with Gasteiger partial charge in [0, 0.05) is 0 Å². The predicted octanol–water partition coefficient (Wildman–Crippen LogP) is 3.11. The van der Waals surface area contributed by atoms with Crippen LogP contribution in [-0.4, -0.2) is 57.2 Å². The molecule has 0 spiro atoms. The second kappa shape index (κ2) is 19.2. The van der Waals surface area contributed by atoms with Gasteiger partial charge in [0.05, 0.1) is 27.7 Å². The molecule has 0 aromatic carbocycles. The Hall–Kier alpha value is 0.400. The van der Waals surface area contributed by atoms with Crippen LogP contribution in [-0.2, 0) is 0 Å². The number of unbranched alkanes of at least 4 members (excludes halogenated alkanes) is 12. The van der Waals surface area contributed by atoms with Crippen molar-refractivity contribution in [2.75, 3.05) is 47.8 Å². The van der Waals surface area contributed by atoms with E-state index in [1.54, 1.807) is 0 Å². The minimum absolute atomic E-state index is 0. The van der Waals surface area contributed by atoms with Crippen LogP contribution in [0.1, 0.15) is 96.8 Å². The first-order valence-electron chi connectivity index (χ1n) is 10.9. The Balaban J connectivity index is 0. The lowest BCUT2D eigenvalue weighted by Gasteiger charge is -2.24. The number of quaternary nitrogens is 1. The summed E-state index contributed by atoms with van der Waals surface area (Å²) in [6, 6.07) is 0. The third-order valence-electron chi connectivity index (χ3n) is 5.01. The lowest BCUT2D eigenvalue weighted by atomic mass is 10.1. The Bertz CT molecular complexity index is 251. The highest BCUT2D eigenvalue weighted by Gasteiger charge is 2.06. The van der Waals surface area contributed by atoms with Crippen molar-refractivity contribution in [2.45, 2.75) is 96.8 Å². The van der Waals surface area contributed by atoms with Crippen molar-refractivity contribution in [3.8, 4) is 0 Å². The molecule has 2 nitrogen and oxygen atoms in total. The van der Waals surface area contributed by atoms with Gasteiger partial charge in [-0.05, 0) is 39.4 Å². The fraction of sp³-hybridized carbons (Fsp3) is 1.00. The smallest absolute Gasteiger partial charge is 0.0780 e. The minimum Gasteiger partial charge on any atom is -1.00 e. The molecule has 0 heterocycles. The van der Waals surface area contributed by atoms with Gasteiger partial charge < -0.3 is 26.4 Å². The second-order valence-corrected chi connectivity index (χ2v) is 8.91. The molecule has 0 fully saturated rings. The maximum absolute atomic E-state index is 2.53. The van der Waals surface area contributed by atoms with Crippen molar-refractivity contribution in [1.82, 2.24) is 4.90 Å². The van der Waals surface area contributed by atoms with Gasteiger partial charge in [0.15, 0.2) is 0 Å². The van der Waals surface area contributed by atoms with Crippen LogP contribution in [0, 0.1) is 0 Å². The van der Waals surface area contributed by atoms with E-state index < -0.39 is 0 Å². The molecule has 0 saturated carbocycles. The summed E-state index contributed by atoms with van der Waals surface area (Å²) in [5, 5.41) is 0. The van der Waals surface area contributed by atoms with E-state index in [0.717, 1.165) is 4.48 Å². The Labute approximate surface area is 171 Å². The molecular weight excluding hydrogens is 372 g/mol. The first-order valence-corrected chi connectivity index (χ1v) is 10.9. The summed E-state index contributed by atoms with van der Waals surface area (Å²) < 4.78 is 1.10. The highest BCUT2D eigenvalue weighted by Crippen LogP contribution is 2.12. The predicted molar refractivity (Wildman–Crippen MR) is 111 cm³/mol. The van der Waals surface area contributed by atoms with E-state index in [2.05, 4.69) is 40.0 Å². The molecular formula is C22H49BrN2. The maximum atomic E-state index is 2.53. The molecule has 0 aliphatic heterocycles. The van der Waals surface area contributed by atoms with Crippen molar-refractivity contribution in [1.29, 1.82) is 0 Å². The Morgan fingerprint density at radius 3 is 1.32 bits per heavy atom. The molecule has 0 radical (unpaired) electrons. The normalized spacial score (nSPS) is 11.8. The number of hydrogen-bond donors (Lipinski definition) is 0. The van der Waals surface area contributed by atoms with E-state index in [-0.39, 0.29) is 17.0 Å². The van der Waals surface area contributed by atoms with Crippen molar-refractivity contribution < 1.29 is 21.5 Å². The third-order valence-corrected chi connectivity index (χ3v) is 5.01. The third kappa shape index (κ3) is 24.4. The van der Waals surface area contributed by atoms with Crippen LogP contribution in [0.25, 0.3) is 0 Å². The lowest BCUT2D eigenvalue weighted by molar-refractivity contribution is -0.870. The fourth-order valence-corrected chi connectivity index (χ4v) is 3.30. The van der Waals surface area contributed by atoms with Crippen LogP contribution in [0.15, 0.2) is 0 Å². The quantitative estimate of drug-likeness (QED) is 0.243. The number of rotatable bonds is 18. The molecule has 0 atom stereocenters. The molecule has 0 bridgehead atoms. The Morgan fingerprint density at radius 1 is 0.560 bits per heavy atom.